The summed E-state index contributed by atoms with van der Waals surface area (Å²) >= 11 is 1.91. The van der Waals surface area contributed by atoms with E-state index in [-0.39, 0.29) is 0 Å². The molecule has 0 N–H and O–H groups in total. The third kappa shape index (κ3) is 4.63. The third-order valence-corrected chi connectivity index (χ3v) is 4.34. The topological polar surface area (TPSA) is 33.4 Å². The van der Waals surface area contributed by atoms with Crippen molar-refractivity contribution in [2.75, 3.05) is 19.8 Å². The summed E-state index contributed by atoms with van der Waals surface area (Å²) in [7, 11) is 3.88. The average molecular weight is 316 g/mol. The van der Waals surface area contributed by atoms with Gasteiger partial charge in [0, 0.05) is 36.9 Å². The van der Waals surface area contributed by atoms with Crippen molar-refractivity contribution < 1.29 is 0 Å². The first-order chi connectivity index (χ1) is 10.7. The summed E-state index contributed by atoms with van der Waals surface area (Å²) in [5, 5.41) is 6.48. The molecule has 0 aliphatic carbocycles. The molecule has 0 unspecified atom stereocenters. The van der Waals surface area contributed by atoms with Crippen LogP contribution >= 0.6 is 11.8 Å². The highest BCUT2D eigenvalue weighted by Crippen LogP contribution is 2.25. The van der Waals surface area contributed by atoms with Crippen LogP contribution in [-0.2, 0) is 0 Å². The van der Waals surface area contributed by atoms with Crippen LogP contribution < -0.4 is 0 Å². The normalized spacial score (nSPS) is 11.7. The maximum Gasteiger partial charge on any atom is 0.166 e. The molecule has 0 aliphatic heterocycles. The second-order valence-electron chi connectivity index (χ2n) is 5.29. The average Bonchev–Trinajstić information content (AvgIpc) is 3.04. The summed E-state index contributed by atoms with van der Waals surface area (Å²) in [6, 6.07) is 8.46. The van der Waals surface area contributed by atoms with Crippen LogP contribution in [0.1, 0.15) is 31.7 Å². The Labute approximate surface area is 137 Å². The van der Waals surface area contributed by atoms with Crippen molar-refractivity contribution in [3.8, 4) is 0 Å². The van der Waals surface area contributed by atoms with Gasteiger partial charge >= 0.3 is 0 Å². The molecule has 0 aliphatic rings. The Morgan fingerprint density at radius 2 is 2.09 bits per heavy atom. The number of hydrogen-bond acceptors (Lipinski definition) is 4. The summed E-state index contributed by atoms with van der Waals surface area (Å²) < 4.78 is 1.96. The molecular formula is C17H24N4S. The Morgan fingerprint density at radius 1 is 1.27 bits per heavy atom. The molecule has 0 radical (unpaired) electrons. The molecule has 5 heteroatoms. The largest absolute Gasteiger partial charge is 0.301 e. The minimum atomic E-state index is 0.904. The summed E-state index contributed by atoms with van der Waals surface area (Å²) in [5.74, 6) is 2.05. The molecule has 0 saturated heterocycles. The van der Waals surface area contributed by atoms with Gasteiger partial charge in [0.1, 0.15) is 6.33 Å². The number of nitrogens with zero attached hydrogens (tertiary/aromatic N) is 4. The SMILES string of the molecule is CCCCCSc1ccccc1C(=NN(C)C)n1ccnc1. The summed E-state index contributed by atoms with van der Waals surface area (Å²) in [5.41, 5.74) is 1.15. The zero-order valence-electron chi connectivity index (χ0n) is 13.6. The van der Waals surface area contributed by atoms with E-state index in [1.54, 1.807) is 12.5 Å². The Bertz CT molecular complexity index is 590. The smallest absolute Gasteiger partial charge is 0.166 e. The Balaban J connectivity index is 2.28. The molecule has 0 atom stereocenters. The predicted molar refractivity (Wildman–Crippen MR) is 94.5 cm³/mol. The van der Waals surface area contributed by atoms with Crippen molar-refractivity contribution in [3.05, 3.63) is 48.5 Å². The summed E-state index contributed by atoms with van der Waals surface area (Å²) in [6.45, 7) is 2.24. The monoisotopic (exact) mass is 316 g/mol. The fraction of sp³-hybridized carbons (Fsp3) is 0.412. The molecule has 0 saturated carbocycles. The number of hydrazone groups is 1. The van der Waals surface area contributed by atoms with Gasteiger partial charge in [-0.2, -0.15) is 5.10 Å². The van der Waals surface area contributed by atoms with E-state index < -0.39 is 0 Å². The summed E-state index contributed by atoms with van der Waals surface area (Å²) in [4.78, 5) is 5.42. The molecule has 0 bridgehead atoms. The summed E-state index contributed by atoms with van der Waals surface area (Å²) in [6.07, 6.45) is 9.30. The number of hydrogen-bond donors (Lipinski definition) is 0. The van der Waals surface area contributed by atoms with Crippen LogP contribution in [0.5, 0.6) is 0 Å². The van der Waals surface area contributed by atoms with E-state index in [4.69, 9.17) is 0 Å². The van der Waals surface area contributed by atoms with Crippen LogP contribution in [0.2, 0.25) is 0 Å². The molecule has 118 valence electrons. The molecule has 1 heterocycles. The molecule has 0 fully saturated rings. The second kappa shape index (κ2) is 8.63. The zero-order valence-corrected chi connectivity index (χ0v) is 14.4. The molecule has 2 rings (SSSR count). The Morgan fingerprint density at radius 3 is 2.77 bits per heavy atom. The fourth-order valence-corrected chi connectivity index (χ4v) is 3.19. The van der Waals surface area contributed by atoms with Gasteiger partial charge in [0.2, 0.25) is 0 Å². The van der Waals surface area contributed by atoms with Crippen molar-refractivity contribution in [2.24, 2.45) is 5.10 Å². The minimum Gasteiger partial charge on any atom is -0.301 e. The van der Waals surface area contributed by atoms with E-state index >= 15 is 0 Å². The van der Waals surface area contributed by atoms with Crippen LogP contribution in [0.3, 0.4) is 0 Å². The van der Waals surface area contributed by atoms with E-state index in [0.29, 0.717) is 0 Å². The van der Waals surface area contributed by atoms with Gasteiger partial charge < -0.3 is 5.01 Å². The van der Waals surface area contributed by atoms with Crippen LogP contribution in [0.25, 0.3) is 0 Å². The van der Waals surface area contributed by atoms with Gasteiger partial charge in [0.05, 0.1) is 0 Å². The van der Waals surface area contributed by atoms with Gasteiger partial charge in [-0.15, -0.1) is 11.8 Å². The fourth-order valence-electron chi connectivity index (χ4n) is 2.13. The lowest BCUT2D eigenvalue weighted by Gasteiger charge is -2.15. The highest BCUT2D eigenvalue weighted by Gasteiger charge is 2.12. The molecule has 1 aromatic heterocycles. The predicted octanol–water partition coefficient (Wildman–Crippen LogP) is 3.94. The van der Waals surface area contributed by atoms with Crippen LogP contribution in [-0.4, -0.2) is 40.2 Å². The minimum absolute atomic E-state index is 0.904. The molecule has 4 nitrogen and oxygen atoms in total. The lowest BCUT2D eigenvalue weighted by molar-refractivity contribution is 0.435. The maximum atomic E-state index is 4.65. The number of rotatable bonds is 7. The Kier molecular flexibility index (Phi) is 6.52. The number of unbranched alkanes of at least 4 members (excludes halogenated alkanes) is 2. The van der Waals surface area contributed by atoms with E-state index in [2.05, 4.69) is 41.3 Å². The van der Waals surface area contributed by atoms with Crippen molar-refractivity contribution in [3.63, 3.8) is 0 Å². The van der Waals surface area contributed by atoms with Gasteiger partial charge in [0.25, 0.3) is 0 Å². The number of aromatic nitrogens is 2. The van der Waals surface area contributed by atoms with Crippen LogP contribution in [0.15, 0.2) is 53.0 Å². The first-order valence-electron chi connectivity index (χ1n) is 7.69. The first-order valence-corrected chi connectivity index (χ1v) is 8.67. The van der Waals surface area contributed by atoms with Gasteiger partial charge in [-0.05, 0) is 18.2 Å². The number of benzene rings is 1. The lowest BCUT2D eigenvalue weighted by atomic mass is 10.2. The molecule has 0 amide bonds. The van der Waals surface area contributed by atoms with Crippen molar-refractivity contribution in [1.29, 1.82) is 0 Å². The molecule has 2 aromatic rings. The van der Waals surface area contributed by atoms with Gasteiger partial charge in [-0.1, -0.05) is 38.0 Å². The number of imidazole rings is 1. The van der Waals surface area contributed by atoms with Gasteiger partial charge in [0.15, 0.2) is 5.84 Å². The van der Waals surface area contributed by atoms with Gasteiger partial charge in [-0.25, -0.2) is 4.98 Å². The van der Waals surface area contributed by atoms with E-state index in [1.807, 2.05) is 41.6 Å². The number of thioether (sulfide) groups is 1. The third-order valence-electron chi connectivity index (χ3n) is 3.18. The van der Waals surface area contributed by atoms with Crippen LogP contribution in [0, 0.1) is 0 Å². The van der Waals surface area contributed by atoms with E-state index in [0.717, 1.165) is 17.2 Å². The molecule has 1 aromatic carbocycles. The molecule has 22 heavy (non-hydrogen) atoms. The van der Waals surface area contributed by atoms with Crippen LogP contribution in [0.4, 0.5) is 0 Å². The second-order valence-corrected chi connectivity index (χ2v) is 6.43. The van der Waals surface area contributed by atoms with Crippen molar-refractivity contribution in [2.45, 2.75) is 31.1 Å². The zero-order chi connectivity index (χ0) is 15.8. The van der Waals surface area contributed by atoms with Crippen molar-refractivity contribution in [1.82, 2.24) is 14.6 Å². The lowest BCUT2D eigenvalue weighted by Crippen LogP contribution is -2.18. The first kappa shape index (κ1) is 16.6. The van der Waals surface area contributed by atoms with Gasteiger partial charge in [-0.3, -0.25) is 4.57 Å². The van der Waals surface area contributed by atoms with E-state index in [9.17, 15) is 0 Å². The van der Waals surface area contributed by atoms with E-state index in [1.165, 1.54) is 24.2 Å². The van der Waals surface area contributed by atoms with Crippen molar-refractivity contribution >= 4 is 17.6 Å². The Hall–Kier alpha value is -1.75. The molecule has 0 spiro atoms. The highest BCUT2D eigenvalue weighted by molar-refractivity contribution is 7.99. The quantitative estimate of drug-likeness (QED) is 0.255. The highest BCUT2D eigenvalue weighted by atomic mass is 32.2. The molecular weight excluding hydrogens is 292 g/mol. The maximum absolute atomic E-state index is 4.65. The standard InChI is InChI=1S/C17H24N4S/c1-4-5-8-13-22-16-10-7-6-9-15(16)17(19-20(2)3)21-12-11-18-14-21/h6-7,9-12,14H,4-5,8,13H2,1-3H3.